The van der Waals surface area contributed by atoms with Crippen molar-refractivity contribution >= 4 is 11.9 Å². The molecule has 0 saturated heterocycles. The van der Waals surface area contributed by atoms with Crippen LogP contribution in [0.15, 0.2) is 30.3 Å². The fourth-order valence-corrected chi connectivity index (χ4v) is 1.75. The predicted molar refractivity (Wildman–Crippen MR) is 75.6 cm³/mol. The third-order valence-electron chi connectivity index (χ3n) is 3.03. The number of hydrogen-bond donors (Lipinski definition) is 2. The van der Waals surface area contributed by atoms with E-state index in [1.54, 1.807) is 19.1 Å². The number of amides is 1. The Kier molecular flexibility index (Phi) is 6.56. The zero-order chi connectivity index (χ0) is 15.0. The lowest BCUT2D eigenvalue weighted by molar-refractivity contribution is -0.138. The first-order valence-corrected chi connectivity index (χ1v) is 6.74. The van der Waals surface area contributed by atoms with Crippen molar-refractivity contribution in [3.8, 4) is 5.75 Å². The summed E-state index contributed by atoms with van der Waals surface area (Å²) < 4.78 is 5.49. The molecule has 1 aromatic rings. The van der Waals surface area contributed by atoms with Crippen molar-refractivity contribution in [1.29, 1.82) is 0 Å². The molecule has 0 spiro atoms. The molecule has 20 heavy (non-hydrogen) atoms. The standard InChI is InChI=1S/C15H21NO4/c1-3-12(9-14(17)18)10-16-15(19)11(2)20-13-7-5-4-6-8-13/h4-8,11-12H,3,9-10H2,1-2H3,(H,16,19)(H,17,18). The predicted octanol–water partition coefficient (Wildman–Crippen LogP) is 2.07. The second kappa shape index (κ2) is 8.19. The molecule has 2 unspecified atom stereocenters. The molecule has 2 N–H and O–H groups in total. The molecule has 0 saturated carbocycles. The summed E-state index contributed by atoms with van der Waals surface area (Å²) in [4.78, 5) is 22.5. The molecular formula is C15H21NO4. The van der Waals surface area contributed by atoms with Gasteiger partial charge in [0.15, 0.2) is 6.10 Å². The number of rotatable bonds is 8. The minimum Gasteiger partial charge on any atom is -0.481 e. The molecule has 2 atom stereocenters. The van der Waals surface area contributed by atoms with E-state index >= 15 is 0 Å². The third-order valence-corrected chi connectivity index (χ3v) is 3.03. The molecule has 0 fully saturated rings. The number of aliphatic carboxylic acids is 1. The zero-order valence-electron chi connectivity index (χ0n) is 11.8. The van der Waals surface area contributed by atoms with Crippen molar-refractivity contribution in [1.82, 2.24) is 5.32 Å². The number of ether oxygens (including phenoxy) is 1. The van der Waals surface area contributed by atoms with Crippen LogP contribution >= 0.6 is 0 Å². The minimum atomic E-state index is -0.848. The van der Waals surface area contributed by atoms with E-state index < -0.39 is 12.1 Å². The van der Waals surface area contributed by atoms with E-state index in [1.807, 2.05) is 25.1 Å². The molecule has 0 bridgehead atoms. The number of para-hydroxylation sites is 1. The van der Waals surface area contributed by atoms with Gasteiger partial charge in [-0.05, 0) is 25.0 Å². The van der Waals surface area contributed by atoms with Gasteiger partial charge in [0.1, 0.15) is 5.75 Å². The van der Waals surface area contributed by atoms with Gasteiger partial charge in [0, 0.05) is 13.0 Å². The Balaban J connectivity index is 2.39. The quantitative estimate of drug-likeness (QED) is 0.764. The first-order chi connectivity index (χ1) is 9.52. The number of benzene rings is 1. The number of carboxylic acid groups (broad SMARTS) is 1. The monoisotopic (exact) mass is 279 g/mol. The van der Waals surface area contributed by atoms with E-state index in [2.05, 4.69) is 5.32 Å². The molecule has 1 aromatic carbocycles. The average molecular weight is 279 g/mol. The molecular weight excluding hydrogens is 258 g/mol. The Hall–Kier alpha value is -2.04. The first-order valence-electron chi connectivity index (χ1n) is 6.74. The lowest BCUT2D eigenvalue weighted by Crippen LogP contribution is -2.39. The Morgan fingerprint density at radius 3 is 2.50 bits per heavy atom. The van der Waals surface area contributed by atoms with Crippen LogP contribution in [0.1, 0.15) is 26.7 Å². The van der Waals surface area contributed by atoms with Crippen LogP contribution in [0.25, 0.3) is 0 Å². The van der Waals surface area contributed by atoms with Gasteiger partial charge in [-0.1, -0.05) is 31.5 Å². The van der Waals surface area contributed by atoms with Gasteiger partial charge in [0.25, 0.3) is 5.91 Å². The van der Waals surface area contributed by atoms with Crippen LogP contribution in [0.2, 0.25) is 0 Å². The first kappa shape index (κ1) is 16.0. The smallest absolute Gasteiger partial charge is 0.303 e. The number of carboxylic acids is 1. The summed E-state index contributed by atoms with van der Waals surface area (Å²) >= 11 is 0. The molecule has 5 nitrogen and oxygen atoms in total. The van der Waals surface area contributed by atoms with E-state index in [9.17, 15) is 9.59 Å². The van der Waals surface area contributed by atoms with Gasteiger partial charge in [-0.15, -0.1) is 0 Å². The Bertz CT molecular complexity index is 433. The van der Waals surface area contributed by atoms with Crippen molar-refractivity contribution in [2.45, 2.75) is 32.8 Å². The summed E-state index contributed by atoms with van der Waals surface area (Å²) in [7, 11) is 0. The molecule has 1 rings (SSSR count). The highest BCUT2D eigenvalue weighted by Crippen LogP contribution is 2.11. The summed E-state index contributed by atoms with van der Waals surface area (Å²) in [5.41, 5.74) is 0. The lowest BCUT2D eigenvalue weighted by atomic mass is 10.0. The fraction of sp³-hybridized carbons (Fsp3) is 0.467. The fourth-order valence-electron chi connectivity index (χ4n) is 1.75. The van der Waals surface area contributed by atoms with Gasteiger partial charge < -0.3 is 15.2 Å². The number of carbonyl (C=O) groups is 2. The largest absolute Gasteiger partial charge is 0.481 e. The Morgan fingerprint density at radius 1 is 1.30 bits per heavy atom. The molecule has 0 aliphatic heterocycles. The SMILES string of the molecule is CCC(CNC(=O)C(C)Oc1ccccc1)CC(=O)O. The molecule has 110 valence electrons. The number of hydrogen-bond acceptors (Lipinski definition) is 3. The van der Waals surface area contributed by atoms with Crippen LogP contribution in [0, 0.1) is 5.92 Å². The maximum atomic E-state index is 11.9. The lowest BCUT2D eigenvalue weighted by Gasteiger charge is -2.17. The van der Waals surface area contributed by atoms with E-state index in [0.29, 0.717) is 18.7 Å². The second-order valence-corrected chi connectivity index (χ2v) is 4.69. The van der Waals surface area contributed by atoms with Crippen LogP contribution in [0.5, 0.6) is 5.75 Å². The van der Waals surface area contributed by atoms with Gasteiger partial charge in [0.05, 0.1) is 0 Å². The van der Waals surface area contributed by atoms with E-state index in [1.165, 1.54) is 0 Å². The third kappa shape index (κ3) is 5.73. The highest BCUT2D eigenvalue weighted by atomic mass is 16.5. The van der Waals surface area contributed by atoms with Crippen LogP contribution in [0.4, 0.5) is 0 Å². The van der Waals surface area contributed by atoms with Crippen LogP contribution in [0.3, 0.4) is 0 Å². The van der Waals surface area contributed by atoms with E-state index in [-0.39, 0.29) is 18.2 Å². The summed E-state index contributed by atoms with van der Waals surface area (Å²) in [6, 6.07) is 9.10. The van der Waals surface area contributed by atoms with Gasteiger partial charge in [-0.25, -0.2) is 0 Å². The maximum absolute atomic E-state index is 11.9. The van der Waals surface area contributed by atoms with Gasteiger partial charge in [-0.2, -0.15) is 0 Å². The van der Waals surface area contributed by atoms with Gasteiger partial charge >= 0.3 is 5.97 Å². The molecule has 1 amide bonds. The van der Waals surface area contributed by atoms with Crippen molar-refractivity contribution < 1.29 is 19.4 Å². The zero-order valence-corrected chi connectivity index (χ0v) is 11.8. The highest BCUT2D eigenvalue weighted by molar-refractivity contribution is 5.80. The van der Waals surface area contributed by atoms with Crippen molar-refractivity contribution in [3.63, 3.8) is 0 Å². The molecule has 0 heterocycles. The maximum Gasteiger partial charge on any atom is 0.303 e. The topological polar surface area (TPSA) is 75.6 Å². The van der Waals surface area contributed by atoms with E-state index in [0.717, 1.165) is 0 Å². The van der Waals surface area contributed by atoms with Gasteiger partial charge in [0.2, 0.25) is 0 Å². The van der Waals surface area contributed by atoms with Crippen molar-refractivity contribution in [2.24, 2.45) is 5.92 Å². The Morgan fingerprint density at radius 2 is 1.95 bits per heavy atom. The normalized spacial score (nSPS) is 13.3. The molecule has 0 aliphatic carbocycles. The Labute approximate surface area is 118 Å². The molecule has 0 aliphatic rings. The second-order valence-electron chi connectivity index (χ2n) is 4.69. The minimum absolute atomic E-state index is 0.0552. The summed E-state index contributed by atoms with van der Waals surface area (Å²) in [5, 5.41) is 11.5. The van der Waals surface area contributed by atoms with Crippen molar-refractivity contribution in [2.75, 3.05) is 6.54 Å². The average Bonchev–Trinajstić information content (AvgIpc) is 2.43. The molecule has 0 aromatic heterocycles. The summed E-state index contributed by atoms with van der Waals surface area (Å²) in [5.74, 6) is -0.509. The summed E-state index contributed by atoms with van der Waals surface area (Å²) in [6.07, 6.45) is 0.158. The highest BCUT2D eigenvalue weighted by Gasteiger charge is 2.17. The number of nitrogens with one attached hydrogen (secondary N) is 1. The van der Waals surface area contributed by atoms with Gasteiger partial charge in [-0.3, -0.25) is 9.59 Å². The molecule has 0 radical (unpaired) electrons. The summed E-state index contributed by atoms with van der Waals surface area (Å²) in [6.45, 7) is 3.92. The van der Waals surface area contributed by atoms with Crippen molar-refractivity contribution in [3.05, 3.63) is 30.3 Å². The van der Waals surface area contributed by atoms with E-state index in [4.69, 9.17) is 9.84 Å². The van der Waals surface area contributed by atoms with Crippen LogP contribution in [-0.4, -0.2) is 29.6 Å². The van der Waals surface area contributed by atoms with Crippen LogP contribution in [-0.2, 0) is 9.59 Å². The molecule has 5 heteroatoms. The number of carbonyl (C=O) groups excluding carboxylic acids is 1. The van der Waals surface area contributed by atoms with Crippen LogP contribution < -0.4 is 10.1 Å².